The maximum absolute atomic E-state index is 12.8. The second kappa shape index (κ2) is 6.53. The first kappa shape index (κ1) is 16.9. The second-order valence-electron chi connectivity index (χ2n) is 6.37. The number of carboxylic acid groups (broad SMARTS) is 1. The number of hydrogen-bond acceptors (Lipinski definition) is 4. The first-order valence-corrected chi connectivity index (χ1v) is 8.36. The van der Waals surface area contributed by atoms with Crippen LogP contribution in [-0.4, -0.2) is 46.9 Å². The molecule has 0 saturated carbocycles. The number of aryl methyl sites for hydroxylation is 1. The maximum Gasteiger partial charge on any atom is 0.306 e. The van der Waals surface area contributed by atoms with E-state index < -0.39 is 12.0 Å². The van der Waals surface area contributed by atoms with E-state index in [1.54, 1.807) is 18.2 Å². The van der Waals surface area contributed by atoms with E-state index in [1.807, 2.05) is 11.8 Å². The molecule has 1 aromatic rings. The van der Waals surface area contributed by atoms with Crippen LogP contribution >= 0.6 is 11.6 Å². The number of imide groups is 1. The van der Waals surface area contributed by atoms with Gasteiger partial charge >= 0.3 is 5.97 Å². The molecule has 0 spiro atoms. The van der Waals surface area contributed by atoms with Crippen LogP contribution in [0.1, 0.15) is 24.8 Å². The predicted octanol–water partition coefficient (Wildman–Crippen LogP) is 2.08. The highest BCUT2D eigenvalue weighted by Gasteiger charge is 2.44. The Balaban J connectivity index is 1.78. The number of nitrogens with zero attached hydrogens (tertiary/aromatic N) is 2. The van der Waals surface area contributed by atoms with E-state index in [-0.39, 0.29) is 24.2 Å². The fourth-order valence-electron chi connectivity index (χ4n) is 3.44. The summed E-state index contributed by atoms with van der Waals surface area (Å²) in [7, 11) is 0. The molecule has 3 rings (SSSR count). The zero-order chi connectivity index (χ0) is 17.4. The number of aliphatic carboxylic acids is 1. The van der Waals surface area contributed by atoms with Crippen LogP contribution in [-0.2, 0) is 14.4 Å². The minimum Gasteiger partial charge on any atom is -0.481 e. The lowest BCUT2D eigenvalue weighted by Crippen LogP contribution is -2.46. The Bertz CT molecular complexity index is 698. The number of rotatable bonds is 3. The second-order valence-corrected chi connectivity index (χ2v) is 6.80. The van der Waals surface area contributed by atoms with E-state index in [1.165, 1.54) is 4.90 Å². The number of anilines is 1. The Morgan fingerprint density at radius 2 is 1.92 bits per heavy atom. The SMILES string of the molecule is Cc1ccc(Cl)cc1N1C(=O)C[C@@H](N2CCC(C(=O)O)CC2)C1=O. The lowest BCUT2D eigenvalue weighted by molar-refractivity contribution is -0.143. The number of likely N-dealkylation sites (tertiary alicyclic amines) is 1. The Morgan fingerprint density at radius 3 is 2.54 bits per heavy atom. The molecule has 1 N–H and O–H groups in total. The van der Waals surface area contributed by atoms with Crippen LogP contribution in [0.5, 0.6) is 0 Å². The highest BCUT2D eigenvalue weighted by Crippen LogP contribution is 2.32. The van der Waals surface area contributed by atoms with Gasteiger partial charge in [0.05, 0.1) is 24.1 Å². The molecule has 2 saturated heterocycles. The molecular formula is C17H19ClN2O4. The highest BCUT2D eigenvalue weighted by atomic mass is 35.5. The number of carboxylic acids is 1. The van der Waals surface area contributed by atoms with E-state index in [4.69, 9.17) is 16.7 Å². The molecule has 2 heterocycles. The Kier molecular flexibility index (Phi) is 4.60. The summed E-state index contributed by atoms with van der Waals surface area (Å²) in [5.74, 6) is -1.64. The first-order chi connectivity index (χ1) is 11.4. The maximum atomic E-state index is 12.8. The summed E-state index contributed by atoms with van der Waals surface area (Å²) < 4.78 is 0. The largest absolute Gasteiger partial charge is 0.481 e. The van der Waals surface area contributed by atoms with Gasteiger partial charge in [0.25, 0.3) is 5.91 Å². The molecule has 0 bridgehead atoms. The third-order valence-electron chi connectivity index (χ3n) is 4.85. The van der Waals surface area contributed by atoms with Crippen molar-refractivity contribution in [1.82, 2.24) is 4.90 Å². The van der Waals surface area contributed by atoms with Crippen LogP contribution in [0.3, 0.4) is 0 Å². The third-order valence-corrected chi connectivity index (χ3v) is 5.09. The molecular weight excluding hydrogens is 332 g/mol. The zero-order valence-electron chi connectivity index (χ0n) is 13.4. The summed E-state index contributed by atoms with van der Waals surface area (Å²) in [6, 6.07) is 4.63. The standard InChI is InChI=1S/C17H19ClN2O4/c1-10-2-3-12(18)8-13(10)20-15(21)9-14(16(20)22)19-6-4-11(5-7-19)17(23)24/h2-3,8,11,14H,4-7,9H2,1H3,(H,23,24)/t14-/m1/s1. The van der Waals surface area contributed by atoms with Crippen molar-refractivity contribution < 1.29 is 19.5 Å². The molecule has 0 aromatic heterocycles. The van der Waals surface area contributed by atoms with Gasteiger partial charge in [-0.1, -0.05) is 17.7 Å². The Hall–Kier alpha value is -1.92. The number of benzene rings is 1. The first-order valence-electron chi connectivity index (χ1n) is 7.98. The van der Waals surface area contributed by atoms with Gasteiger partial charge in [-0.25, -0.2) is 4.90 Å². The molecule has 1 aromatic carbocycles. The average Bonchev–Trinajstić information content (AvgIpc) is 2.84. The molecule has 0 radical (unpaired) electrons. The minimum atomic E-state index is -0.792. The van der Waals surface area contributed by atoms with Crippen molar-refractivity contribution in [3.8, 4) is 0 Å². The molecule has 7 heteroatoms. The quantitative estimate of drug-likeness (QED) is 0.844. The molecule has 2 fully saturated rings. The van der Waals surface area contributed by atoms with E-state index in [9.17, 15) is 14.4 Å². The molecule has 2 amide bonds. The lowest BCUT2D eigenvalue weighted by atomic mass is 9.95. The monoisotopic (exact) mass is 350 g/mol. The number of hydrogen-bond donors (Lipinski definition) is 1. The number of carbonyl (C=O) groups is 3. The number of halogens is 1. The van der Waals surface area contributed by atoms with E-state index in [0.717, 1.165) is 5.56 Å². The number of piperidine rings is 1. The minimum absolute atomic E-state index is 0.128. The van der Waals surface area contributed by atoms with Crippen LogP contribution in [0.2, 0.25) is 5.02 Å². The van der Waals surface area contributed by atoms with Crippen LogP contribution in [0.25, 0.3) is 0 Å². The topological polar surface area (TPSA) is 77.9 Å². The average molecular weight is 351 g/mol. The summed E-state index contributed by atoms with van der Waals surface area (Å²) in [6.45, 7) is 2.87. The van der Waals surface area contributed by atoms with Crippen molar-refractivity contribution in [2.24, 2.45) is 5.92 Å². The molecule has 0 aliphatic carbocycles. The van der Waals surface area contributed by atoms with Gasteiger partial charge in [-0.2, -0.15) is 0 Å². The third kappa shape index (κ3) is 3.03. The van der Waals surface area contributed by atoms with E-state index in [2.05, 4.69) is 0 Å². The molecule has 6 nitrogen and oxygen atoms in total. The van der Waals surface area contributed by atoms with Gasteiger partial charge in [0.2, 0.25) is 5.91 Å². The number of amides is 2. The fraction of sp³-hybridized carbons (Fsp3) is 0.471. The van der Waals surface area contributed by atoms with Crippen molar-refractivity contribution >= 4 is 35.1 Å². The molecule has 2 aliphatic heterocycles. The van der Waals surface area contributed by atoms with E-state index >= 15 is 0 Å². The summed E-state index contributed by atoms with van der Waals surface area (Å²) in [5, 5.41) is 9.54. The van der Waals surface area contributed by atoms with Crippen molar-refractivity contribution in [3.05, 3.63) is 28.8 Å². The van der Waals surface area contributed by atoms with Crippen molar-refractivity contribution in [2.45, 2.75) is 32.2 Å². The van der Waals surface area contributed by atoms with Crippen LogP contribution in [0.4, 0.5) is 5.69 Å². The normalized spacial score (nSPS) is 23.1. The van der Waals surface area contributed by atoms with Gasteiger partial charge in [0.15, 0.2) is 0 Å². The van der Waals surface area contributed by atoms with Crippen LogP contribution in [0.15, 0.2) is 18.2 Å². The smallest absolute Gasteiger partial charge is 0.306 e. The van der Waals surface area contributed by atoms with Gasteiger partial charge in [-0.15, -0.1) is 0 Å². The molecule has 24 heavy (non-hydrogen) atoms. The predicted molar refractivity (Wildman–Crippen MR) is 89.0 cm³/mol. The van der Waals surface area contributed by atoms with Gasteiger partial charge in [0, 0.05) is 5.02 Å². The van der Waals surface area contributed by atoms with Crippen molar-refractivity contribution in [3.63, 3.8) is 0 Å². The van der Waals surface area contributed by atoms with Gasteiger partial charge < -0.3 is 5.11 Å². The van der Waals surface area contributed by atoms with Gasteiger partial charge in [-0.3, -0.25) is 19.3 Å². The molecule has 2 aliphatic rings. The number of carbonyl (C=O) groups excluding carboxylic acids is 2. The summed E-state index contributed by atoms with van der Waals surface area (Å²) in [6.07, 6.45) is 1.13. The highest BCUT2D eigenvalue weighted by molar-refractivity contribution is 6.31. The van der Waals surface area contributed by atoms with Gasteiger partial charge in [-0.05, 0) is 50.6 Å². The summed E-state index contributed by atoms with van der Waals surface area (Å²) >= 11 is 6.01. The molecule has 0 unspecified atom stereocenters. The fourth-order valence-corrected chi connectivity index (χ4v) is 3.60. The van der Waals surface area contributed by atoms with Crippen LogP contribution in [0, 0.1) is 12.8 Å². The van der Waals surface area contributed by atoms with Crippen molar-refractivity contribution in [2.75, 3.05) is 18.0 Å². The van der Waals surface area contributed by atoms with Gasteiger partial charge in [0.1, 0.15) is 0 Å². The molecule has 128 valence electrons. The lowest BCUT2D eigenvalue weighted by Gasteiger charge is -2.33. The van der Waals surface area contributed by atoms with Crippen LogP contribution < -0.4 is 4.90 Å². The molecule has 1 atom stereocenters. The van der Waals surface area contributed by atoms with Crippen molar-refractivity contribution in [1.29, 1.82) is 0 Å². The van der Waals surface area contributed by atoms with E-state index in [0.29, 0.717) is 36.6 Å². The Labute approximate surface area is 145 Å². The Morgan fingerprint density at radius 1 is 1.25 bits per heavy atom. The summed E-state index contributed by atoms with van der Waals surface area (Å²) in [4.78, 5) is 39.4. The zero-order valence-corrected chi connectivity index (χ0v) is 14.1. The summed E-state index contributed by atoms with van der Waals surface area (Å²) in [5.41, 5.74) is 1.34.